The molecule has 1 aromatic carbocycles. The van der Waals surface area contributed by atoms with Crippen LogP contribution in [0.25, 0.3) is 0 Å². The fourth-order valence-corrected chi connectivity index (χ4v) is 1.59. The van der Waals surface area contributed by atoms with Gasteiger partial charge in [-0.05, 0) is 37.6 Å². The van der Waals surface area contributed by atoms with Crippen molar-refractivity contribution in [1.29, 1.82) is 0 Å². The highest BCUT2D eigenvalue weighted by molar-refractivity contribution is 5.93. The summed E-state index contributed by atoms with van der Waals surface area (Å²) < 4.78 is 5.10. The van der Waals surface area contributed by atoms with Gasteiger partial charge in [-0.25, -0.2) is 4.79 Å². The summed E-state index contributed by atoms with van der Waals surface area (Å²) in [5.74, 6) is -0.481. The maximum Gasteiger partial charge on any atom is 0.338 e. The highest BCUT2D eigenvalue weighted by Crippen LogP contribution is 2.11. The molecule has 0 bridgehead atoms. The van der Waals surface area contributed by atoms with Crippen LogP contribution in [0.4, 0.5) is 5.69 Å². The zero-order chi connectivity index (χ0) is 15.0. The Morgan fingerprint density at radius 2 is 1.95 bits per heavy atom. The van der Waals surface area contributed by atoms with Crippen LogP contribution in [-0.2, 0) is 9.53 Å². The molecule has 1 amide bonds. The number of anilines is 1. The normalized spacial score (nSPS) is 11.8. The minimum absolute atomic E-state index is 0.140. The van der Waals surface area contributed by atoms with Crippen LogP contribution in [0.1, 0.15) is 43.5 Å². The zero-order valence-corrected chi connectivity index (χ0v) is 12.0. The average molecular weight is 278 g/mol. The molecule has 1 rings (SSSR count). The number of nitrogens with one attached hydrogen (secondary N) is 1. The number of carbonyl (C=O) groups is 2. The minimum atomic E-state index is -0.341. The molecular formula is C15H22N2O3. The Labute approximate surface area is 119 Å². The van der Waals surface area contributed by atoms with Crippen LogP contribution < -0.4 is 11.1 Å². The van der Waals surface area contributed by atoms with Crippen molar-refractivity contribution in [2.24, 2.45) is 5.73 Å². The third-order valence-electron chi connectivity index (χ3n) is 2.64. The molecule has 0 saturated carbocycles. The number of benzene rings is 1. The van der Waals surface area contributed by atoms with Crippen molar-refractivity contribution >= 4 is 17.6 Å². The SMILES string of the molecule is CCCCOC(=O)c1ccc(NC(=O)CC(C)N)cc1. The Balaban J connectivity index is 2.51. The summed E-state index contributed by atoms with van der Waals surface area (Å²) in [7, 11) is 0. The molecule has 20 heavy (non-hydrogen) atoms. The van der Waals surface area contributed by atoms with Crippen LogP contribution in [0.2, 0.25) is 0 Å². The number of unbranched alkanes of at least 4 members (excludes halogenated alkanes) is 1. The van der Waals surface area contributed by atoms with Gasteiger partial charge in [0.25, 0.3) is 0 Å². The van der Waals surface area contributed by atoms with Crippen LogP contribution in [0.5, 0.6) is 0 Å². The van der Waals surface area contributed by atoms with E-state index in [1.165, 1.54) is 0 Å². The van der Waals surface area contributed by atoms with Gasteiger partial charge in [-0.1, -0.05) is 13.3 Å². The number of carbonyl (C=O) groups excluding carboxylic acids is 2. The Morgan fingerprint density at radius 1 is 1.30 bits per heavy atom. The third kappa shape index (κ3) is 5.84. The number of nitrogens with two attached hydrogens (primary N) is 1. The largest absolute Gasteiger partial charge is 0.462 e. The van der Waals surface area contributed by atoms with Gasteiger partial charge in [0.2, 0.25) is 5.91 Å². The van der Waals surface area contributed by atoms with E-state index in [0.717, 1.165) is 12.8 Å². The Bertz CT molecular complexity index is 441. The van der Waals surface area contributed by atoms with Gasteiger partial charge in [-0.2, -0.15) is 0 Å². The molecule has 0 aliphatic rings. The lowest BCUT2D eigenvalue weighted by atomic mass is 10.2. The fourth-order valence-electron chi connectivity index (χ4n) is 1.59. The highest BCUT2D eigenvalue weighted by Gasteiger charge is 2.08. The van der Waals surface area contributed by atoms with Gasteiger partial charge in [0.15, 0.2) is 0 Å². The quantitative estimate of drug-likeness (QED) is 0.592. The lowest BCUT2D eigenvalue weighted by molar-refractivity contribution is -0.116. The molecule has 0 aliphatic heterocycles. The maximum absolute atomic E-state index is 11.7. The molecule has 0 radical (unpaired) electrons. The van der Waals surface area contributed by atoms with Crippen molar-refractivity contribution in [3.63, 3.8) is 0 Å². The van der Waals surface area contributed by atoms with Crippen LogP contribution in [0, 0.1) is 0 Å². The predicted molar refractivity (Wildman–Crippen MR) is 78.5 cm³/mol. The van der Waals surface area contributed by atoms with Crippen molar-refractivity contribution in [3.05, 3.63) is 29.8 Å². The van der Waals surface area contributed by atoms with E-state index in [2.05, 4.69) is 5.32 Å². The molecule has 0 fully saturated rings. The summed E-state index contributed by atoms with van der Waals surface area (Å²) >= 11 is 0. The molecular weight excluding hydrogens is 256 g/mol. The summed E-state index contributed by atoms with van der Waals surface area (Å²) in [5.41, 5.74) is 6.66. The second kappa shape index (κ2) is 8.32. The van der Waals surface area contributed by atoms with E-state index >= 15 is 0 Å². The molecule has 0 heterocycles. The van der Waals surface area contributed by atoms with Crippen molar-refractivity contribution in [1.82, 2.24) is 0 Å². The van der Waals surface area contributed by atoms with Crippen molar-refractivity contribution in [2.45, 2.75) is 39.2 Å². The van der Waals surface area contributed by atoms with E-state index in [0.29, 0.717) is 17.9 Å². The molecule has 5 nitrogen and oxygen atoms in total. The van der Waals surface area contributed by atoms with Crippen LogP contribution in [0.3, 0.4) is 0 Å². The molecule has 0 aromatic heterocycles. The van der Waals surface area contributed by atoms with Gasteiger partial charge >= 0.3 is 5.97 Å². The molecule has 1 atom stereocenters. The number of esters is 1. The van der Waals surface area contributed by atoms with Crippen LogP contribution >= 0.6 is 0 Å². The first-order valence-corrected chi connectivity index (χ1v) is 6.85. The van der Waals surface area contributed by atoms with Gasteiger partial charge in [-0.3, -0.25) is 4.79 Å². The van der Waals surface area contributed by atoms with E-state index < -0.39 is 0 Å². The van der Waals surface area contributed by atoms with E-state index in [1.807, 2.05) is 6.92 Å². The van der Waals surface area contributed by atoms with Gasteiger partial charge in [0.05, 0.1) is 12.2 Å². The smallest absolute Gasteiger partial charge is 0.338 e. The van der Waals surface area contributed by atoms with E-state index in [4.69, 9.17) is 10.5 Å². The second-order valence-corrected chi connectivity index (χ2v) is 4.80. The standard InChI is InChI=1S/C15H22N2O3/c1-3-4-9-20-15(19)12-5-7-13(8-6-12)17-14(18)10-11(2)16/h5-8,11H,3-4,9-10,16H2,1-2H3,(H,17,18). The first-order valence-electron chi connectivity index (χ1n) is 6.85. The summed E-state index contributed by atoms with van der Waals surface area (Å²) in [4.78, 5) is 23.2. The molecule has 3 N–H and O–H groups in total. The molecule has 0 aliphatic carbocycles. The van der Waals surface area contributed by atoms with E-state index in [-0.39, 0.29) is 24.3 Å². The Hall–Kier alpha value is -1.88. The summed E-state index contributed by atoms with van der Waals surface area (Å²) in [5, 5.41) is 2.72. The van der Waals surface area contributed by atoms with Gasteiger partial charge in [0.1, 0.15) is 0 Å². The van der Waals surface area contributed by atoms with Gasteiger partial charge < -0.3 is 15.8 Å². The van der Waals surface area contributed by atoms with Gasteiger partial charge in [-0.15, -0.1) is 0 Å². The van der Waals surface area contributed by atoms with Crippen LogP contribution in [0.15, 0.2) is 24.3 Å². The topological polar surface area (TPSA) is 81.4 Å². The third-order valence-corrected chi connectivity index (χ3v) is 2.64. The predicted octanol–water partition coefficient (Wildman–Crippen LogP) is 2.32. The molecule has 5 heteroatoms. The summed E-state index contributed by atoms with van der Waals surface area (Å²) in [6, 6.07) is 6.44. The van der Waals surface area contributed by atoms with E-state index in [1.54, 1.807) is 31.2 Å². The lowest BCUT2D eigenvalue weighted by Crippen LogP contribution is -2.23. The number of ether oxygens (including phenoxy) is 1. The first-order chi connectivity index (χ1) is 9.52. The Morgan fingerprint density at radius 3 is 2.50 bits per heavy atom. The molecule has 0 spiro atoms. The first kappa shape index (κ1) is 16.2. The average Bonchev–Trinajstić information content (AvgIpc) is 2.38. The molecule has 1 unspecified atom stereocenters. The monoisotopic (exact) mass is 278 g/mol. The minimum Gasteiger partial charge on any atom is -0.462 e. The Kier molecular flexibility index (Phi) is 6.73. The van der Waals surface area contributed by atoms with Crippen molar-refractivity contribution < 1.29 is 14.3 Å². The fraction of sp³-hybridized carbons (Fsp3) is 0.467. The lowest BCUT2D eigenvalue weighted by Gasteiger charge is -2.08. The second-order valence-electron chi connectivity index (χ2n) is 4.80. The number of rotatable bonds is 7. The van der Waals surface area contributed by atoms with Crippen molar-refractivity contribution in [2.75, 3.05) is 11.9 Å². The number of hydrogen-bond acceptors (Lipinski definition) is 4. The van der Waals surface area contributed by atoms with Crippen LogP contribution in [-0.4, -0.2) is 24.5 Å². The summed E-state index contributed by atoms with van der Waals surface area (Å²) in [6.07, 6.45) is 2.11. The number of hydrogen-bond donors (Lipinski definition) is 2. The van der Waals surface area contributed by atoms with E-state index in [9.17, 15) is 9.59 Å². The highest BCUT2D eigenvalue weighted by atomic mass is 16.5. The zero-order valence-electron chi connectivity index (χ0n) is 12.0. The molecule has 110 valence electrons. The molecule has 1 aromatic rings. The molecule has 0 saturated heterocycles. The summed E-state index contributed by atoms with van der Waals surface area (Å²) in [6.45, 7) is 4.24. The van der Waals surface area contributed by atoms with Gasteiger partial charge in [0, 0.05) is 18.2 Å². The van der Waals surface area contributed by atoms with Crippen molar-refractivity contribution in [3.8, 4) is 0 Å². The number of amides is 1. The maximum atomic E-state index is 11.7.